The minimum Gasteiger partial charge on any atom is -0.311 e. The van der Waals surface area contributed by atoms with E-state index in [0.29, 0.717) is 0 Å². The van der Waals surface area contributed by atoms with Gasteiger partial charge in [-0.25, -0.2) is 9.97 Å². The van der Waals surface area contributed by atoms with Crippen LogP contribution in [0.2, 0.25) is 0 Å². The number of nitrogens with one attached hydrogen (secondary N) is 1. The van der Waals surface area contributed by atoms with Crippen LogP contribution in [0.1, 0.15) is 38.0 Å². The zero-order valence-corrected chi connectivity index (χ0v) is 12.1. The maximum atomic E-state index is 4.57. The molecule has 1 aromatic rings. The van der Waals surface area contributed by atoms with Gasteiger partial charge < -0.3 is 5.32 Å². The summed E-state index contributed by atoms with van der Waals surface area (Å²) < 4.78 is 0. The Kier molecular flexibility index (Phi) is 6.52. The number of nitrogens with zero attached hydrogens (tertiary/aromatic N) is 2. The van der Waals surface area contributed by atoms with Crippen molar-refractivity contribution < 1.29 is 0 Å². The number of aryl methyl sites for hydroxylation is 1. The Bertz CT molecular complexity index is 339. The molecule has 0 amide bonds. The number of hydrogen-bond acceptors (Lipinski definition) is 4. The summed E-state index contributed by atoms with van der Waals surface area (Å²) in [7, 11) is 0. The lowest BCUT2D eigenvalue weighted by molar-refractivity contribution is 0.702. The molecule has 1 heterocycles. The van der Waals surface area contributed by atoms with Crippen molar-refractivity contribution in [2.75, 3.05) is 12.3 Å². The number of rotatable bonds is 7. The van der Waals surface area contributed by atoms with Gasteiger partial charge in [0.15, 0.2) is 0 Å². The summed E-state index contributed by atoms with van der Waals surface area (Å²) in [5.74, 6) is 3.77. The van der Waals surface area contributed by atoms with Crippen LogP contribution in [0.25, 0.3) is 0 Å². The second-order valence-electron chi connectivity index (χ2n) is 4.61. The molecule has 0 aromatic carbocycles. The molecule has 0 fully saturated rings. The molecule has 0 aliphatic carbocycles. The lowest BCUT2D eigenvalue weighted by Gasteiger charge is -2.07. The first-order valence-corrected chi connectivity index (χ1v) is 7.39. The van der Waals surface area contributed by atoms with Crippen molar-refractivity contribution in [2.45, 2.75) is 40.0 Å². The van der Waals surface area contributed by atoms with Crippen LogP contribution in [0.15, 0.2) is 6.07 Å². The Morgan fingerprint density at radius 1 is 1.35 bits per heavy atom. The molecule has 4 heteroatoms. The third kappa shape index (κ3) is 6.03. The monoisotopic (exact) mass is 253 g/mol. The van der Waals surface area contributed by atoms with Crippen LogP contribution in [0, 0.1) is 12.8 Å². The third-order valence-electron chi connectivity index (χ3n) is 2.19. The Labute approximate surface area is 109 Å². The van der Waals surface area contributed by atoms with Crippen LogP contribution >= 0.6 is 11.8 Å². The molecular formula is C13H23N3S. The molecule has 0 bridgehead atoms. The topological polar surface area (TPSA) is 37.8 Å². The largest absolute Gasteiger partial charge is 0.311 e. The van der Waals surface area contributed by atoms with Crippen LogP contribution in [0.5, 0.6) is 0 Å². The lowest BCUT2D eigenvalue weighted by atomic mass is 10.3. The van der Waals surface area contributed by atoms with Crippen molar-refractivity contribution in [3.63, 3.8) is 0 Å². The summed E-state index contributed by atoms with van der Waals surface area (Å²) >= 11 is 1.91. The highest BCUT2D eigenvalue weighted by atomic mass is 32.2. The quantitative estimate of drug-likeness (QED) is 0.811. The van der Waals surface area contributed by atoms with E-state index >= 15 is 0 Å². The van der Waals surface area contributed by atoms with Gasteiger partial charge in [-0.05, 0) is 31.2 Å². The van der Waals surface area contributed by atoms with Crippen molar-refractivity contribution in [1.82, 2.24) is 15.3 Å². The predicted molar refractivity (Wildman–Crippen MR) is 75.1 cm³/mol. The number of thioether (sulfide) groups is 1. The van der Waals surface area contributed by atoms with Gasteiger partial charge in [-0.3, -0.25) is 0 Å². The zero-order chi connectivity index (χ0) is 12.7. The lowest BCUT2D eigenvalue weighted by Crippen LogP contribution is -2.14. The smallest absolute Gasteiger partial charge is 0.138 e. The van der Waals surface area contributed by atoms with Gasteiger partial charge in [0.2, 0.25) is 0 Å². The van der Waals surface area contributed by atoms with Crippen molar-refractivity contribution in [3.8, 4) is 0 Å². The fraction of sp³-hybridized carbons (Fsp3) is 0.692. The minimum absolute atomic E-state index is 0.728. The number of hydrogen-bond donors (Lipinski definition) is 1. The van der Waals surface area contributed by atoms with E-state index in [1.807, 2.05) is 18.7 Å². The summed E-state index contributed by atoms with van der Waals surface area (Å²) in [5, 5.41) is 3.30. The van der Waals surface area contributed by atoms with E-state index < -0.39 is 0 Å². The van der Waals surface area contributed by atoms with E-state index in [1.165, 1.54) is 5.75 Å². The average Bonchev–Trinajstić information content (AvgIpc) is 2.25. The summed E-state index contributed by atoms with van der Waals surface area (Å²) in [6.45, 7) is 10.4. The van der Waals surface area contributed by atoms with Gasteiger partial charge in [-0.15, -0.1) is 0 Å². The van der Waals surface area contributed by atoms with Crippen molar-refractivity contribution in [1.29, 1.82) is 0 Å². The van der Waals surface area contributed by atoms with Crippen LogP contribution in [-0.2, 0) is 12.3 Å². The first-order valence-electron chi connectivity index (χ1n) is 6.23. The van der Waals surface area contributed by atoms with Crippen LogP contribution in [0.3, 0.4) is 0 Å². The van der Waals surface area contributed by atoms with Gasteiger partial charge in [0.05, 0.1) is 11.4 Å². The average molecular weight is 253 g/mol. The van der Waals surface area contributed by atoms with Gasteiger partial charge in [0.25, 0.3) is 0 Å². The molecule has 0 radical (unpaired) electrons. The van der Waals surface area contributed by atoms with E-state index in [1.54, 1.807) is 0 Å². The van der Waals surface area contributed by atoms with Gasteiger partial charge in [-0.1, -0.05) is 20.8 Å². The maximum Gasteiger partial charge on any atom is 0.138 e. The molecule has 17 heavy (non-hydrogen) atoms. The molecular weight excluding hydrogens is 230 g/mol. The maximum absolute atomic E-state index is 4.57. The first kappa shape index (κ1) is 14.5. The second-order valence-corrected chi connectivity index (χ2v) is 5.64. The molecule has 0 saturated carbocycles. The van der Waals surface area contributed by atoms with E-state index in [2.05, 4.69) is 42.1 Å². The molecule has 0 atom stereocenters. The summed E-state index contributed by atoms with van der Waals surface area (Å²) in [5.41, 5.74) is 2.16. The normalized spacial score (nSPS) is 11.1. The summed E-state index contributed by atoms with van der Waals surface area (Å²) in [6, 6.07) is 2.05. The Balaban J connectivity index is 2.55. The fourth-order valence-corrected chi connectivity index (χ4v) is 2.40. The Hall–Kier alpha value is -0.610. The third-order valence-corrected chi connectivity index (χ3v) is 3.56. The van der Waals surface area contributed by atoms with Gasteiger partial charge in [0, 0.05) is 12.2 Å². The highest BCUT2D eigenvalue weighted by Crippen LogP contribution is 2.13. The van der Waals surface area contributed by atoms with E-state index in [0.717, 1.165) is 42.0 Å². The second kappa shape index (κ2) is 7.67. The number of aromatic nitrogens is 2. The molecule has 3 nitrogen and oxygen atoms in total. The standard InChI is InChI=1S/C13H23N3S/c1-5-14-7-12-6-11(4)15-13(16-12)9-17-8-10(2)3/h6,10,14H,5,7-9H2,1-4H3. The molecule has 1 aromatic heterocycles. The van der Waals surface area contributed by atoms with Crippen LogP contribution < -0.4 is 5.32 Å². The first-order chi connectivity index (χ1) is 8.11. The van der Waals surface area contributed by atoms with E-state index in [-0.39, 0.29) is 0 Å². The molecule has 1 rings (SSSR count). The molecule has 0 spiro atoms. The van der Waals surface area contributed by atoms with Crippen LogP contribution in [-0.4, -0.2) is 22.3 Å². The van der Waals surface area contributed by atoms with Gasteiger partial charge in [0.1, 0.15) is 5.82 Å². The molecule has 0 aliphatic rings. The fourth-order valence-electron chi connectivity index (χ4n) is 1.49. The molecule has 1 N–H and O–H groups in total. The molecule has 0 unspecified atom stereocenters. The molecule has 96 valence electrons. The highest BCUT2D eigenvalue weighted by Gasteiger charge is 2.03. The Morgan fingerprint density at radius 3 is 2.76 bits per heavy atom. The van der Waals surface area contributed by atoms with E-state index in [4.69, 9.17) is 0 Å². The zero-order valence-electron chi connectivity index (χ0n) is 11.3. The Morgan fingerprint density at radius 2 is 2.12 bits per heavy atom. The SMILES string of the molecule is CCNCc1cc(C)nc(CSCC(C)C)n1. The van der Waals surface area contributed by atoms with Crippen molar-refractivity contribution >= 4 is 11.8 Å². The van der Waals surface area contributed by atoms with Gasteiger partial charge >= 0.3 is 0 Å². The highest BCUT2D eigenvalue weighted by molar-refractivity contribution is 7.98. The van der Waals surface area contributed by atoms with Crippen LogP contribution in [0.4, 0.5) is 0 Å². The summed E-state index contributed by atoms with van der Waals surface area (Å²) in [6.07, 6.45) is 0. The predicted octanol–water partition coefficient (Wildman–Crippen LogP) is 2.78. The van der Waals surface area contributed by atoms with E-state index in [9.17, 15) is 0 Å². The summed E-state index contributed by atoms with van der Waals surface area (Å²) in [4.78, 5) is 9.05. The van der Waals surface area contributed by atoms with Crippen molar-refractivity contribution in [3.05, 3.63) is 23.3 Å². The van der Waals surface area contributed by atoms with Gasteiger partial charge in [-0.2, -0.15) is 11.8 Å². The van der Waals surface area contributed by atoms with Crippen molar-refractivity contribution in [2.24, 2.45) is 5.92 Å². The molecule has 0 saturated heterocycles. The minimum atomic E-state index is 0.728. The molecule has 0 aliphatic heterocycles.